The summed E-state index contributed by atoms with van der Waals surface area (Å²) in [5.41, 5.74) is 10.6. The second-order valence-electron chi connectivity index (χ2n) is 25.1. The number of amides is 2. The van der Waals surface area contributed by atoms with Gasteiger partial charge in [0, 0.05) is 48.7 Å². The van der Waals surface area contributed by atoms with Crippen molar-refractivity contribution in [1.82, 2.24) is 10.6 Å². The molecule has 11 atom stereocenters. The van der Waals surface area contributed by atoms with Gasteiger partial charge in [-0.2, -0.15) is 25.3 Å². The molecule has 2 amide bonds. The van der Waals surface area contributed by atoms with E-state index in [1.807, 2.05) is 130 Å². The SMILES string of the molecule is CCC(CC(C)C(=O)O)c1ccccc1.CCC(CC(CC(C)C(=O)NCCS)C(=O)O)c1ccccc1.CCC(CC(CC(C)C(=O)NCCSCS(=O)(=O)c1ccc(C)cc1)C(=O)O)c1ccccc1.CCOC(=O)OC(=O)C(C)CC(CC(CC)c1ccccc1)C(=O)O.NCCS. The molecule has 8 N–H and O–H groups in total. The van der Waals surface area contributed by atoms with Crippen LogP contribution in [0, 0.1) is 48.3 Å². The van der Waals surface area contributed by atoms with E-state index in [1.54, 1.807) is 58.9 Å². The molecule has 0 aromatic heterocycles. The van der Waals surface area contributed by atoms with Gasteiger partial charge in [-0.25, -0.2) is 13.2 Å². The highest BCUT2D eigenvalue weighted by atomic mass is 32.3. The van der Waals surface area contributed by atoms with Gasteiger partial charge in [0.05, 0.1) is 41.1 Å². The summed E-state index contributed by atoms with van der Waals surface area (Å²) in [7, 11) is -3.37. The zero-order valence-electron chi connectivity index (χ0n) is 60.6. The second-order valence-corrected chi connectivity index (χ2v) is 29.5. The lowest BCUT2D eigenvalue weighted by molar-refractivity contribution is -0.148. The van der Waals surface area contributed by atoms with E-state index in [9.17, 15) is 62.1 Å². The number of nitrogens with two attached hydrogens (primary N) is 1. The zero-order valence-corrected chi connectivity index (χ0v) is 64.0. The van der Waals surface area contributed by atoms with Crippen molar-refractivity contribution in [3.05, 3.63) is 173 Å². The highest BCUT2D eigenvalue weighted by molar-refractivity contribution is 8.12. The molecular formula is C78H113N3O16S4. The molecule has 0 saturated heterocycles. The van der Waals surface area contributed by atoms with Crippen molar-refractivity contribution in [2.45, 2.75) is 168 Å². The van der Waals surface area contributed by atoms with Gasteiger partial charge in [-0.05, 0) is 143 Å². The van der Waals surface area contributed by atoms with Gasteiger partial charge in [-0.3, -0.25) is 33.6 Å². The third-order valence-corrected chi connectivity index (χ3v) is 21.1. The predicted octanol–water partition coefficient (Wildman–Crippen LogP) is 15.4. The van der Waals surface area contributed by atoms with E-state index >= 15 is 0 Å². The maximum Gasteiger partial charge on any atom is 0.516 e. The molecule has 23 heteroatoms. The number of esters is 1. The number of sulfone groups is 1. The van der Waals surface area contributed by atoms with Crippen LogP contribution in [-0.4, -0.2) is 125 Å². The minimum Gasteiger partial charge on any atom is -0.481 e. The maximum absolute atomic E-state index is 12.5. The number of hydrogen-bond donors (Lipinski definition) is 9. The first-order chi connectivity index (χ1) is 48.1. The molecule has 11 unspecified atom stereocenters. The van der Waals surface area contributed by atoms with E-state index in [0.717, 1.165) is 60.1 Å². The van der Waals surface area contributed by atoms with E-state index < -0.39 is 75.4 Å². The van der Waals surface area contributed by atoms with Gasteiger partial charge in [0.2, 0.25) is 11.8 Å². The lowest BCUT2D eigenvalue weighted by Gasteiger charge is -2.22. The second kappa shape index (κ2) is 52.7. The molecule has 101 heavy (non-hydrogen) atoms. The van der Waals surface area contributed by atoms with E-state index in [1.165, 1.54) is 17.3 Å². The Morgan fingerprint density at radius 3 is 1.11 bits per heavy atom. The van der Waals surface area contributed by atoms with E-state index in [4.69, 9.17) is 10.8 Å². The van der Waals surface area contributed by atoms with Crippen molar-refractivity contribution < 1.29 is 76.7 Å². The molecule has 5 rings (SSSR count). The van der Waals surface area contributed by atoms with Crippen molar-refractivity contribution in [2.75, 3.05) is 48.6 Å². The quantitative estimate of drug-likeness (QED) is 0.00764. The Balaban J connectivity index is 0.000000683. The maximum atomic E-state index is 12.5. The summed E-state index contributed by atoms with van der Waals surface area (Å²) >= 11 is 9.10. The summed E-state index contributed by atoms with van der Waals surface area (Å²) in [4.78, 5) is 93.7. The van der Waals surface area contributed by atoms with Crippen LogP contribution < -0.4 is 16.4 Å². The molecule has 0 aliphatic carbocycles. The van der Waals surface area contributed by atoms with Crippen LogP contribution in [-0.2, 0) is 52.9 Å². The molecular weight excluding hydrogens is 1360 g/mol. The monoisotopic (exact) mass is 1480 g/mol. The third-order valence-electron chi connectivity index (χ3n) is 17.2. The molecule has 0 fully saturated rings. The molecule has 0 aliphatic rings. The Labute approximate surface area is 615 Å². The van der Waals surface area contributed by atoms with E-state index in [0.29, 0.717) is 67.6 Å². The first-order valence-corrected chi connectivity index (χ1v) is 39.0. The van der Waals surface area contributed by atoms with Crippen molar-refractivity contribution in [2.24, 2.45) is 47.2 Å². The molecule has 5 aromatic rings. The number of nitrogens with one attached hydrogen (secondary N) is 2. The average Bonchev–Trinajstić information content (AvgIpc) is 0.873. The minimum absolute atomic E-state index is 0.0551. The van der Waals surface area contributed by atoms with Gasteiger partial charge in [-0.15, -0.1) is 11.8 Å². The number of aryl methyl sites for hydroxylation is 1. The summed E-state index contributed by atoms with van der Waals surface area (Å²) in [6, 6.07) is 46.5. The van der Waals surface area contributed by atoms with E-state index in [2.05, 4.69) is 71.3 Å². The molecule has 0 heterocycles. The van der Waals surface area contributed by atoms with Crippen LogP contribution >= 0.6 is 37.0 Å². The first kappa shape index (κ1) is 91.8. The van der Waals surface area contributed by atoms with Gasteiger partial charge in [0.15, 0.2) is 9.84 Å². The van der Waals surface area contributed by atoms with Gasteiger partial charge in [-0.1, -0.05) is 194 Å². The Bertz CT molecular complexity index is 3260. The van der Waals surface area contributed by atoms with Crippen molar-refractivity contribution >= 4 is 94.7 Å². The normalized spacial score (nSPS) is 14.1. The molecule has 19 nitrogen and oxygen atoms in total. The van der Waals surface area contributed by atoms with Crippen LogP contribution in [0.4, 0.5) is 4.79 Å². The summed E-state index contributed by atoms with van der Waals surface area (Å²) in [6.45, 7) is 20.2. The average molecular weight is 1480 g/mol. The zero-order chi connectivity index (χ0) is 75.9. The molecule has 0 aliphatic heterocycles. The number of carboxylic acids is 4. The summed E-state index contributed by atoms with van der Waals surface area (Å²) in [5, 5.41) is 43.2. The Kier molecular flexibility index (Phi) is 47.9. The number of thioether (sulfide) groups is 1. The Morgan fingerprint density at radius 2 is 0.802 bits per heavy atom. The predicted molar refractivity (Wildman–Crippen MR) is 409 cm³/mol. The number of benzene rings is 5. The van der Waals surface area contributed by atoms with Gasteiger partial charge in [0.1, 0.15) is 5.08 Å². The topological polar surface area (TPSA) is 320 Å². The van der Waals surface area contributed by atoms with Crippen LogP contribution in [0.2, 0.25) is 0 Å². The minimum atomic E-state index is -3.37. The van der Waals surface area contributed by atoms with Crippen molar-refractivity contribution in [3.8, 4) is 0 Å². The van der Waals surface area contributed by atoms with E-state index in [-0.39, 0.29) is 65.9 Å². The molecule has 560 valence electrons. The number of carbonyl (C=O) groups excluding carboxylic acids is 4. The fraction of sp³-hybridized carbons (Fsp3) is 0.513. The van der Waals surface area contributed by atoms with Gasteiger partial charge >= 0.3 is 36.0 Å². The van der Waals surface area contributed by atoms with Gasteiger partial charge in [0.25, 0.3) is 0 Å². The number of aliphatic carboxylic acids is 4. The van der Waals surface area contributed by atoms with Crippen LogP contribution in [0.15, 0.2) is 150 Å². The summed E-state index contributed by atoms with van der Waals surface area (Å²) < 4.78 is 33.9. The number of ether oxygens (including phenoxy) is 2. The number of carboxylic acid groups (broad SMARTS) is 4. The first-order valence-electron chi connectivity index (χ1n) is 34.9. The lowest BCUT2D eigenvalue weighted by atomic mass is 9.83. The standard InChI is InChI=1S/C26H35NO5S2.C19H26O6.C18H27NO3S.C13H18O2.C2H7NS/c1-4-21(22-8-6-5-7-9-22)17-23(26(29)30)16-20(3)25(28)27-14-15-33-18-34(31,32)24-12-10-19(2)11-13-24;1-4-14(15-9-7-6-8-10-15)12-16(17(20)21)11-13(3)18(22)25-19(23)24-5-2;1-3-14(15-7-5-4-6-8-15)12-16(18(21)22)11-13(2)17(20)19-9-10-23;1-3-11(9-10(2)13(14)15)12-7-5-4-6-8-12;3-1-2-4/h5-13,20-21,23H,4,14-18H2,1-3H3,(H,27,28)(H,29,30);6-10,13-14,16H,4-5,11-12H2,1-3H3,(H,20,21);4-8,13-14,16,23H,3,9-12H2,1-2H3,(H,19,20)(H,21,22);4-8,10-11H,3,9H2,1-2H3,(H,14,15);4H,1-3H2. The molecule has 0 bridgehead atoms. The molecule has 5 aromatic carbocycles. The fourth-order valence-electron chi connectivity index (χ4n) is 11.2. The number of carbonyl (C=O) groups is 8. The number of rotatable bonds is 39. The van der Waals surface area contributed by atoms with Crippen LogP contribution in [0.25, 0.3) is 0 Å². The highest BCUT2D eigenvalue weighted by Gasteiger charge is 2.31. The van der Waals surface area contributed by atoms with Crippen LogP contribution in [0.1, 0.15) is 184 Å². The Hall–Kier alpha value is -7.18. The smallest absolute Gasteiger partial charge is 0.481 e. The van der Waals surface area contributed by atoms with Gasteiger partial charge < -0.3 is 46.3 Å². The molecule has 0 spiro atoms. The largest absolute Gasteiger partial charge is 0.516 e. The summed E-state index contributed by atoms with van der Waals surface area (Å²) in [5.74, 6) is -5.40. The van der Waals surface area contributed by atoms with Crippen molar-refractivity contribution in [3.63, 3.8) is 0 Å². The van der Waals surface area contributed by atoms with Crippen molar-refractivity contribution in [1.29, 1.82) is 0 Å². The van der Waals surface area contributed by atoms with Crippen LogP contribution in [0.3, 0.4) is 0 Å². The fourth-order valence-corrected chi connectivity index (χ4v) is 14.0. The molecule has 0 saturated carbocycles. The Morgan fingerprint density at radius 1 is 0.465 bits per heavy atom. The summed E-state index contributed by atoms with van der Waals surface area (Å²) in [6.07, 6.45) is 5.36. The van der Waals surface area contributed by atoms with Crippen LogP contribution in [0.5, 0.6) is 0 Å². The number of thiol groups is 2. The highest BCUT2D eigenvalue weighted by Crippen LogP contribution is 2.34. The lowest BCUT2D eigenvalue weighted by Crippen LogP contribution is -2.33. The number of hydrogen-bond acceptors (Lipinski definition) is 16. The molecule has 0 radical (unpaired) electrons. The third kappa shape index (κ3) is 38.1.